The standard InChI is InChI=1S/C12H22N2O/c1-9(2)10-6-12(15)14(7-10)8-11-4-3-5-13-11/h9-11,13H,3-8H2,1-2H3. The lowest BCUT2D eigenvalue weighted by molar-refractivity contribution is -0.128. The lowest BCUT2D eigenvalue weighted by Crippen LogP contribution is -2.38. The van der Waals surface area contributed by atoms with Crippen molar-refractivity contribution < 1.29 is 4.79 Å². The van der Waals surface area contributed by atoms with Gasteiger partial charge in [0.2, 0.25) is 5.91 Å². The fourth-order valence-corrected chi connectivity index (χ4v) is 2.60. The summed E-state index contributed by atoms with van der Waals surface area (Å²) in [6.45, 7) is 7.47. The van der Waals surface area contributed by atoms with E-state index < -0.39 is 0 Å². The molecule has 0 aromatic heterocycles. The fourth-order valence-electron chi connectivity index (χ4n) is 2.60. The second-order valence-corrected chi connectivity index (χ2v) is 5.30. The third-order valence-electron chi connectivity index (χ3n) is 3.79. The van der Waals surface area contributed by atoms with Crippen LogP contribution in [0.15, 0.2) is 0 Å². The van der Waals surface area contributed by atoms with Crippen LogP contribution < -0.4 is 5.32 Å². The van der Waals surface area contributed by atoms with Crippen LogP contribution in [0.4, 0.5) is 0 Å². The van der Waals surface area contributed by atoms with E-state index in [4.69, 9.17) is 0 Å². The Bertz CT molecular complexity index is 234. The molecule has 15 heavy (non-hydrogen) atoms. The van der Waals surface area contributed by atoms with E-state index in [0.717, 1.165) is 26.1 Å². The van der Waals surface area contributed by atoms with Crippen molar-refractivity contribution in [3.05, 3.63) is 0 Å². The first-order chi connectivity index (χ1) is 7.16. The van der Waals surface area contributed by atoms with Crippen molar-refractivity contribution in [2.45, 2.75) is 39.2 Å². The molecule has 0 bridgehead atoms. The summed E-state index contributed by atoms with van der Waals surface area (Å²) in [5.74, 6) is 1.58. The molecular weight excluding hydrogens is 188 g/mol. The number of likely N-dealkylation sites (tertiary alicyclic amines) is 1. The molecule has 86 valence electrons. The van der Waals surface area contributed by atoms with Crippen LogP contribution in [0.2, 0.25) is 0 Å². The van der Waals surface area contributed by atoms with Crippen molar-refractivity contribution >= 4 is 5.91 Å². The molecule has 3 nitrogen and oxygen atoms in total. The maximum atomic E-state index is 11.8. The predicted molar refractivity (Wildman–Crippen MR) is 60.5 cm³/mol. The monoisotopic (exact) mass is 210 g/mol. The van der Waals surface area contributed by atoms with E-state index in [1.807, 2.05) is 0 Å². The molecule has 0 aliphatic carbocycles. The SMILES string of the molecule is CC(C)C1CC(=O)N(CC2CCCN2)C1. The van der Waals surface area contributed by atoms with Crippen LogP contribution in [0.3, 0.4) is 0 Å². The molecular formula is C12H22N2O. The van der Waals surface area contributed by atoms with Gasteiger partial charge >= 0.3 is 0 Å². The van der Waals surface area contributed by atoms with Crippen molar-refractivity contribution in [2.24, 2.45) is 11.8 Å². The van der Waals surface area contributed by atoms with E-state index in [1.54, 1.807) is 0 Å². The average molecular weight is 210 g/mol. The van der Waals surface area contributed by atoms with Crippen LogP contribution in [0, 0.1) is 11.8 Å². The van der Waals surface area contributed by atoms with E-state index in [1.165, 1.54) is 12.8 Å². The number of amides is 1. The van der Waals surface area contributed by atoms with Crippen molar-refractivity contribution in [3.63, 3.8) is 0 Å². The first-order valence-electron chi connectivity index (χ1n) is 6.18. The van der Waals surface area contributed by atoms with Gasteiger partial charge in [0.25, 0.3) is 0 Å². The minimum absolute atomic E-state index is 0.363. The molecule has 2 aliphatic heterocycles. The highest BCUT2D eigenvalue weighted by Crippen LogP contribution is 2.25. The van der Waals surface area contributed by atoms with Crippen molar-refractivity contribution in [2.75, 3.05) is 19.6 Å². The van der Waals surface area contributed by atoms with Gasteiger partial charge in [0.15, 0.2) is 0 Å². The van der Waals surface area contributed by atoms with E-state index in [2.05, 4.69) is 24.1 Å². The zero-order chi connectivity index (χ0) is 10.8. The van der Waals surface area contributed by atoms with Crippen LogP contribution >= 0.6 is 0 Å². The Kier molecular flexibility index (Phi) is 3.29. The molecule has 0 radical (unpaired) electrons. The lowest BCUT2D eigenvalue weighted by Gasteiger charge is -2.21. The molecule has 0 aromatic carbocycles. The van der Waals surface area contributed by atoms with Gasteiger partial charge in [0, 0.05) is 25.6 Å². The minimum atomic E-state index is 0.363. The van der Waals surface area contributed by atoms with E-state index in [0.29, 0.717) is 23.8 Å². The number of hydrogen-bond acceptors (Lipinski definition) is 2. The maximum Gasteiger partial charge on any atom is 0.222 e. The highest BCUT2D eigenvalue weighted by atomic mass is 16.2. The highest BCUT2D eigenvalue weighted by Gasteiger charge is 2.32. The van der Waals surface area contributed by atoms with Gasteiger partial charge in [-0.2, -0.15) is 0 Å². The topological polar surface area (TPSA) is 32.3 Å². The summed E-state index contributed by atoms with van der Waals surface area (Å²) in [6.07, 6.45) is 3.26. The Morgan fingerprint density at radius 1 is 1.53 bits per heavy atom. The highest BCUT2D eigenvalue weighted by molar-refractivity contribution is 5.78. The lowest BCUT2D eigenvalue weighted by atomic mass is 9.95. The third-order valence-corrected chi connectivity index (χ3v) is 3.79. The molecule has 2 heterocycles. The Morgan fingerprint density at radius 2 is 2.33 bits per heavy atom. The Hall–Kier alpha value is -0.570. The predicted octanol–water partition coefficient (Wildman–Crippen LogP) is 1.24. The average Bonchev–Trinajstić information content (AvgIpc) is 2.77. The Labute approximate surface area is 92.2 Å². The zero-order valence-electron chi connectivity index (χ0n) is 9.83. The van der Waals surface area contributed by atoms with Gasteiger partial charge in [-0.25, -0.2) is 0 Å². The molecule has 2 aliphatic rings. The molecule has 0 aromatic rings. The summed E-state index contributed by atoms with van der Waals surface area (Å²) < 4.78 is 0. The van der Waals surface area contributed by atoms with Crippen molar-refractivity contribution in [1.82, 2.24) is 10.2 Å². The van der Waals surface area contributed by atoms with Gasteiger partial charge < -0.3 is 10.2 Å². The van der Waals surface area contributed by atoms with E-state index >= 15 is 0 Å². The summed E-state index contributed by atoms with van der Waals surface area (Å²) >= 11 is 0. The van der Waals surface area contributed by atoms with Crippen LogP contribution in [0.1, 0.15) is 33.1 Å². The van der Waals surface area contributed by atoms with Gasteiger partial charge in [-0.15, -0.1) is 0 Å². The van der Waals surface area contributed by atoms with Gasteiger partial charge in [-0.05, 0) is 31.2 Å². The molecule has 1 N–H and O–H groups in total. The second kappa shape index (κ2) is 4.52. The number of carbonyl (C=O) groups excluding carboxylic acids is 1. The number of rotatable bonds is 3. The number of nitrogens with zero attached hydrogens (tertiary/aromatic N) is 1. The third kappa shape index (κ3) is 2.51. The fraction of sp³-hybridized carbons (Fsp3) is 0.917. The summed E-state index contributed by atoms with van der Waals surface area (Å²) in [5, 5.41) is 3.45. The van der Waals surface area contributed by atoms with Crippen molar-refractivity contribution in [1.29, 1.82) is 0 Å². The summed E-state index contributed by atoms with van der Waals surface area (Å²) in [6, 6.07) is 0.555. The molecule has 2 saturated heterocycles. The molecule has 1 amide bonds. The van der Waals surface area contributed by atoms with Crippen LogP contribution in [0.25, 0.3) is 0 Å². The summed E-state index contributed by atoms with van der Waals surface area (Å²) in [4.78, 5) is 13.8. The second-order valence-electron chi connectivity index (χ2n) is 5.30. The maximum absolute atomic E-state index is 11.8. The molecule has 0 spiro atoms. The first kappa shape index (κ1) is 10.9. The van der Waals surface area contributed by atoms with Crippen LogP contribution in [-0.2, 0) is 4.79 Å². The Morgan fingerprint density at radius 3 is 2.87 bits per heavy atom. The van der Waals surface area contributed by atoms with Crippen molar-refractivity contribution in [3.8, 4) is 0 Å². The minimum Gasteiger partial charge on any atom is -0.341 e. The van der Waals surface area contributed by atoms with Crippen LogP contribution in [0.5, 0.6) is 0 Å². The quantitative estimate of drug-likeness (QED) is 0.760. The molecule has 2 atom stereocenters. The van der Waals surface area contributed by atoms with Gasteiger partial charge in [-0.3, -0.25) is 4.79 Å². The largest absolute Gasteiger partial charge is 0.341 e. The smallest absolute Gasteiger partial charge is 0.222 e. The van der Waals surface area contributed by atoms with Gasteiger partial charge in [0.05, 0.1) is 0 Å². The zero-order valence-corrected chi connectivity index (χ0v) is 9.83. The van der Waals surface area contributed by atoms with Gasteiger partial charge in [-0.1, -0.05) is 13.8 Å². The number of hydrogen-bond donors (Lipinski definition) is 1. The molecule has 2 rings (SSSR count). The molecule has 0 saturated carbocycles. The summed E-state index contributed by atoms with van der Waals surface area (Å²) in [7, 11) is 0. The number of nitrogens with one attached hydrogen (secondary N) is 1. The van der Waals surface area contributed by atoms with Crippen LogP contribution in [-0.4, -0.2) is 36.5 Å². The molecule has 3 heteroatoms. The molecule has 2 unspecified atom stereocenters. The normalized spacial score (nSPS) is 31.9. The number of carbonyl (C=O) groups is 1. The van der Waals surface area contributed by atoms with Gasteiger partial charge in [0.1, 0.15) is 0 Å². The van der Waals surface area contributed by atoms with E-state index in [9.17, 15) is 4.79 Å². The summed E-state index contributed by atoms with van der Waals surface area (Å²) in [5.41, 5.74) is 0. The Balaban J connectivity index is 1.85. The molecule has 2 fully saturated rings. The first-order valence-corrected chi connectivity index (χ1v) is 6.18. The van der Waals surface area contributed by atoms with E-state index in [-0.39, 0.29) is 0 Å².